The van der Waals surface area contributed by atoms with E-state index in [0.717, 1.165) is 13.0 Å². The van der Waals surface area contributed by atoms with Gasteiger partial charge in [-0.25, -0.2) is 0 Å². The summed E-state index contributed by atoms with van der Waals surface area (Å²) in [5.74, 6) is 0. The molecule has 0 aromatic heterocycles. The van der Waals surface area contributed by atoms with Gasteiger partial charge in [-0.05, 0) is 45.4 Å². The first kappa shape index (κ1) is 22.7. The van der Waals surface area contributed by atoms with E-state index >= 15 is 0 Å². The minimum Gasteiger partial charge on any atom is -0.379 e. The van der Waals surface area contributed by atoms with Crippen molar-refractivity contribution in [2.24, 2.45) is 0 Å². The Bertz CT molecular complexity index is 234. The lowest BCUT2D eigenvalue weighted by Gasteiger charge is -2.09. The molecule has 1 unspecified atom stereocenters. The molecule has 0 aliphatic heterocycles. The molecule has 23 heavy (non-hydrogen) atoms. The van der Waals surface area contributed by atoms with E-state index in [1.165, 1.54) is 89.9 Å². The van der Waals surface area contributed by atoms with E-state index in [4.69, 9.17) is 4.74 Å². The zero-order valence-electron chi connectivity index (χ0n) is 16.5. The Morgan fingerprint density at radius 3 is 1.65 bits per heavy atom. The number of allylic oxidation sites excluding steroid dienone is 2. The molecule has 0 radical (unpaired) electrons. The smallest absolute Gasteiger partial charge is 0.0544 e. The molecule has 0 aliphatic carbocycles. The lowest BCUT2D eigenvalue weighted by Crippen LogP contribution is -2.07. The first-order valence-corrected chi connectivity index (χ1v) is 10.6. The van der Waals surface area contributed by atoms with Crippen molar-refractivity contribution in [2.75, 3.05) is 6.61 Å². The summed E-state index contributed by atoms with van der Waals surface area (Å²) in [6, 6.07) is 0. The predicted octanol–water partition coefficient (Wildman–Crippen LogP) is 7.84. The van der Waals surface area contributed by atoms with Crippen LogP contribution in [0.4, 0.5) is 0 Å². The van der Waals surface area contributed by atoms with Crippen molar-refractivity contribution < 1.29 is 4.74 Å². The van der Waals surface area contributed by atoms with Crippen LogP contribution in [0.3, 0.4) is 0 Å². The fraction of sp³-hybridized carbons (Fsp3) is 0.909. The lowest BCUT2D eigenvalue weighted by atomic mass is 10.1. The van der Waals surface area contributed by atoms with Crippen LogP contribution in [0.25, 0.3) is 0 Å². The second kappa shape index (κ2) is 19.7. The van der Waals surface area contributed by atoms with Crippen molar-refractivity contribution in [1.29, 1.82) is 0 Å². The van der Waals surface area contributed by atoms with Gasteiger partial charge in [-0.1, -0.05) is 83.8 Å². The summed E-state index contributed by atoms with van der Waals surface area (Å²) in [4.78, 5) is 0. The lowest BCUT2D eigenvalue weighted by molar-refractivity contribution is 0.0608. The minimum absolute atomic E-state index is 0.443. The molecule has 0 N–H and O–H groups in total. The number of hydrogen-bond acceptors (Lipinski definition) is 1. The number of rotatable bonds is 18. The number of hydrogen-bond donors (Lipinski definition) is 0. The molecule has 0 aromatic rings. The van der Waals surface area contributed by atoms with E-state index in [-0.39, 0.29) is 0 Å². The molecular weight excluding hydrogens is 280 g/mol. The maximum atomic E-state index is 5.70. The fourth-order valence-corrected chi connectivity index (χ4v) is 2.75. The largest absolute Gasteiger partial charge is 0.379 e. The second-order valence-electron chi connectivity index (χ2n) is 7.03. The van der Waals surface area contributed by atoms with Crippen LogP contribution in [-0.2, 0) is 4.74 Å². The van der Waals surface area contributed by atoms with Crippen LogP contribution < -0.4 is 0 Å². The summed E-state index contributed by atoms with van der Waals surface area (Å²) < 4.78 is 5.70. The first-order valence-electron chi connectivity index (χ1n) is 10.6. The fourth-order valence-electron chi connectivity index (χ4n) is 2.75. The van der Waals surface area contributed by atoms with E-state index < -0.39 is 0 Å². The molecular formula is C22H44O. The van der Waals surface area contributed by atoms with E-state index in [2.05, 4.69) is 32.9 Å². The maximum absolute atomic E-state index is 5.70. The van der Waals surface area contributed by atoms with Gasteiger partial charge in [-0.2, -0.15) is 0 Å². The van der Waals surface area contributed by atoms with Crippen molar-refractivity contribution in [2.45, 2.75) is 123 Å². The molecule has 0 fully saturated rings. The van der Waals surface area contributed by atoms with Crippen molar-refractivity contribution in [1.82, 2.24) is 0 Å². The van der Waals surface area contributed by atoms with Gasteiger partial charge in [-0.15, -0.1) is 0 Å². The normalized spacial score (nSPS) is 13.0. The third kappa shape index (κ3) is 19.7. The zero-order chi connectivity index (χ0) is 17.0. The third-order valence-electron chi connectivity index (χ3n) is 4.63. The average Bonchev–Trinajstić information content (AvgIpc) is 2.57. The molecule has 0 saturated heterocycles. The van der Waals surface area contributed by atoms with Gasteiger partial charge in [0.05, 0.1) is 6.10 Å². The Balaban J connectivity index is 3.08. The molecule has 1 heteroatoms. The van der Waals surface area contributed by atoms with Crippen LogP contribution in [0, 0.1) is 0 Å². The highest BCUT2D eigenvalue weighted by atomic mass is 16.5. The van der Waals surface area contributed by atoms with Gasteiger partial charge in [0.25, 0.3) is 0 Å². The molecule has 1 atom stereocenters. The average molecular weight is 325 g/mol. The van der Waals surface area contributed by atoms with Crippen LogP contribution in [0.15, 0.2) is 12.2 Å². The molecule has 0 heterocycles. The molecule has 138 valence electrons. The maximum Gasteiger partial charge on any atom is 0.0544 e. The molecule has 0 aliphatic rings. The van der Waals surface area contributed by atoms with Gasteiger partial charge in [0.15, 0.2) is 0 Å². The number of ether oxygens (including phenoxy) is 1. The Labute approximate surface area is 147 Å². The van der Waals surface area contributed by atoms with Gasteiger partial charge in [0.1, 0.15) is 0 Å². The Morgan fingerprint density at radius 2 is 1.13 bits per heavy atom. The predicted molar refractivity (Wildman–Crippen MR) is 105 cm³/mol. The summed E-state index contributed by atoms with van der Waals surface area (Å²) in [5.41, 5.74) is 0. The molecule has 0 bridgehead atoms. The molecule has 1 nitrogen and oxygen atoms in total. The molecule has 0 saturated carbocycles. The van der Waals surface area contributed by atoms with E-state index in [0.29, 0.717) is 6.10 Å². The highest BCUT2D eigenvalue weighted by molar-refractivity contribution is 4.81. The topological polar surface area (TPSA) is 9.23 Å². The van der Waals surface area contributed by atoms with Gasteiger partial charge < -0.3 is 4.74 Å². The van der Waals surface area contributed by atoms with E-state index in [9.17, 15) is 0 Å². The summed E-state index contributed by atoms with van der Waals surface area (Å²) in [7, 11) is 0. The Kier molecular flexibility index (Phi) is 19.5. The SMILES string of the molecule is CCCCCCCC/C=C\CCCCCCCCOC(C)CC. The summed E-state index contributed by atoms with van der Waals surface area (Å²) in [6.07, 6.45) is 25.5. The Morgan fingerprint density at radius 1 is 0.652 bits per heavy atom. The van der Waals surface area contributed by atoms with Gasteiger partial charge in [-0.3, -0.25) is 0 Å². The molecule has 0 aromatic carbocycles. The van der Waals surface area contributed by atoms with Crippen molar-refractivity contribution in [3.63, 3.8) is 0 Å². The Hall–Kier alpha value is -0.300. The van der Waals surface area contributed by atoms with Crippen LogP contribution in [0.5, 0.6) is 0 Å². The standard InChI is InChI=1S/C22H44O/c1-4-6-7-8-9-10-11-12-13-14-15-16-17-18-19-20-21-23-22(3)5-2/h12-13,22H,4-11,14-21H2,1-3H3/b13-12-. The molecule has 0 rings (SSSR count). The highest BCUT2D eigenvalue weighted by Crippen LogP contribution is 2.10. The van der Waals surface area contributed by atoms with Crippen molar-refractivity contribution in [3.8, 4) is 0 Å². The van der Waals surface area contributed by atoms with Crippen LogP contribution >= 0.6 is 0 Å². The first-order chi connectivity index (χ1) is 11.3. The van der Waals surface area contributed by atoms with Crippen LogP contribution in [0.1, 0.15) is 117 Å². The summed E-state index contributed by atoms with van der Waals surface area (Å²) in [5, 5.41) is 0. The monoisotopic (exact) mass is 324 g/mol. The molecule has 0 spiro atoms. The zero-order valence-corrected chi connectivity index (χ0v) is 16.5. The quantitative estimate of drug-likeness (QED) is 0.184. The van der Waals surface area contributed by atoms with E-state index in [1.54, 1.807) is 0 Å². The second-order valence-corrected chi connectivity index (χ2v) is 7.03. The molecule has 0 amide bonds. The third-order valence-corrected chi connectivity index (χ3v) is 4.63. The van der Waals surface area contributed by atoms with E-state index in [1.807, 2.05) is 0 Å². The van der Waals surface area contributed by atoms with Crippen molar-refractivity contribution >= 4 is 0 Å². The highest BCUT2D eigenvalue weighted by Gasteiger charge is 1.97. The van der Waals surface area contributed by atoms with Crippen LogP contribution in [0.2, 0.25) is 0 Å². The number of unbranched alkanes of at least 4 members (excludes halogenated alkanes) is 12. The van der Waals surface area contributed by atoms with Crippen molar-refractivity contribution in [3.05, 3.63) is 12.2 Å². The van der Waals surface area contributed by atoms with Gasteiger partial charge >= 0.3 is 0 Å². The van der Waals surface area contributed by atoms with Gasteiger partial charge in [0, 0.05) is 6.61 Å². The van der Waals surface area contributed by atoms with Gasteiger partial charge in [0.2, 0.25) is 0 Å². The minimum atomic E-state index is 0.443. The summed E-state index contributed by atoms with van der Waals surface area (Å²) in [6.45, 7) is 7.59. The summed E-state index contributed by atoms with van der Waals surface area (Å²) >= 11 is 0. The van der Waals surface area contributed by atoms with Crippen LogP contribution in [-0.4, -0.2) is 12.7 Å².